The van der Waals surface area contributed by atoms with Gasteiger partial charge in [-0.2, -0.15) is 0 Å². The number of hydrogen-bond acceptors (Lipinski definition) is 1. The smallest absolute Gasteiger partial charge is 0.0951 e. The minimum Gasteiger partial charge on any atom is -0.331 e. The van der Waals surface area contributed by atoms with Crippen LogP contribution in [0.4, 0.5) is 0 Å². The Morgan fingerprint density at radius 2 is 2.00 bits per heavy atom. The lowest BCUT2D eigenvalue weighted by atomic mass is 10.1. The normalized spacial score (nSPS) is 12.6. The monoisotopic (exact) mass is 220 g/mol. The van der Waals surface area contributed by atoms with Crippen LogP contribution in [0.25, 0.3) is 0 Å². The van der Waals surface area contributed by atoms with Crippen molar-refractivity contribution in [2.24, 2.45) is 0 Å². The zero-order chi connectivity index (χ0) is 11.6. The van der Waals surface area contributed by atoms with Gasteiger partial charge in [-0.3, -0.25) is 0 Å². The lowest BCUT2D eigenvalue weighted by Gasteiger charge is -2.13. The van der Waals surface area contributed by atoms with Crippen molar-refractivity contribution in [2.75, 3.05) is 0 Å². The van der Waals surface area contributed by atoms with Crippen LogP contribution < -0.4 is 0 Å². The molecule has 0 spiro atoms. The summed E-state index contributed by atoms with van der Waals surface area (Å²) in [6, 6.07) is 0.425. The molecule has 0 saturated heterocycles. The number of rotatable bonds is 9. The number of aromatic nitrogens is 2. The second-order valence-corrected chi connectivity index (χ2v) is 4.37. The molecule has 1 atom stereocenters. The summed E-state index contributed by atoms with van der Waals surface area (Å²) in [6.45, 7) is 6.15. The average molecular weight is 220 g/mol. The third-order valence-corrected chi connectivity index (χ3v) is 3.03. The van der Waals surface area contributed by atoms with Crippen LogP contribution in [0.1, 0.15) is 57.9 Å². The minimum atomic E-state index is 0.425. The van der Waals surface area contributed by atoms with Gasteiger partial charge in [0.25, 0.3) is 0 Å². The first kappa shape index (κ1) is 13.0. The maximum atomic E-state index is 4.07. The zero-order valence-electron chi connectivity index (χ0n) is 10.4. The quantitative estimate of drug-likeness (QED) is 0.446. The van der Waals surface area contributed by atoms with Gasteiger partial charge in [0.2, 0.25) is 0 Å². The molecule has 0 saturated carbocycles. The highest BCUT2D eigenvalue weighted by Gasteiger charge is 2.04. The predicted octanol–water partition coefficient (Wildman–Crippen LogP) is 4.36. The summed E-state index contributed by atoms with van der Waals surface area (Å²) in [5, 5.41) is 0. The van der Waals surface area contributed by atoms with Crippen LogP contribution in [0.3, 0.4) is 0 Å². The topological polar surface area (TPSA) is 17.8 Å². The van der Waals surface area contributed by atoms with Crippen LogP contribution in [0, 0.1) is 0 Å². The van der Waals surface area contributed by atoms with Crippen molar-refractivity contribution in [3.8, 4) is 0 Å². The Kier molecular flexibility index (Phi) is 6.62. The molecule has 1 aromatic rings. The van der Waals surface area contributed by atoms with Gasteiger partial charge in [0.1, 0.15) is 0 Å². The van der Waals surface area contributed by atoms with Crippen molar-refractivity contribution >= 4 is 0 Å². The fourth-order valence-electron chi connectivity index (χ4n) is 1.99. The number of imidazole rings is 1. The van der Waals surface area contributed by atoms with Gasteiger partial charge >= 0.3 is 0 Å². The lowest BCUT2D eigenvalue weighted by molar-refractivity contribution is 0.503. The van der Waals surface area contributed by atoms with Crippen LogP contribution in [-0.4, -0.2) is 9.55 Å². The third kappa shape index (κ3) is 4.65. The van der Waals surface area contributed by atoms with Crippen molar-refractivity contribution in [1.82, 2.24) is 9.55 Å². The van der Waals surface area contributed by atoms with Crippen molar-refractivity contribution in [2.45, 2.75) is 57.9 Å². The van der Waals surface area contributed by atoms with Gasteiger partial charge in [0, 0.05) is 12.4 Å². The summed E-state index contributed by atoms with van der Waals surface area (Å²) < 4.78 is 2.14. The van der Waals surface area contributed by atoms with Crippen molar-refractivity contribution < 1.29 is 0 Å². The molecule has 1 unspecified atom stereocenters. The molecule has 16 heavy (non-hydrogen) atoms. The van der Waals surface area contributed by atoms with Crippen molar-refractivity contribution in [3.63, 3.8) is 0 Å². The fourth-order valence-corrected chi connectivity index (χ4v) is 1.99. The Bertz CT molecular complexity index is 264. The molecule has 0 aliphatic carbocycles. The SMILES string of the molecule is C=CC(CCCCCCCC)n1ccnc1. The molecule has 0 radical (unpaired) electrons. The molecule has 0 fully saturated rings. The fraction of sp³-hybridized carbons (Fsp3) is 0.643. The first-order valence-corrected chi connectivity index (χ1v) is 6.48. The molecular weight excluding hydrogens is 196 g/mol. The second kappa shape index (κ2) is 8.14. The molecule has 0 bridgehead atoms. The summed E-state index contributed by atoms with van der Waals surface area (Å²) in [4.78, 5) is 4.07. The highest BCUT2D eigenvalue weighted by molar-refractivity contribution is 4.89. The van der Waals surface area contributed by atoms with Crippen molar-refractivity contribution in [3.05, 3.63) is 31.4 Å². The standard InChI is InChI=1S/C14H24N2/c1-3-5-6-7-8-9-10-14(4-2)16-12-11-15-13-16/h4,11-14H,2-3,5-10H2,1H3. The summed E-state index contributed by atoms with van der Waals surface area (Å²) in [5.41, 5.74) is 0. The first-order valence-electron chi connectivity index (χ1n) is 6.48. The van der Waals surface area contributed by atoms with Crippen LogP contribution in [0.2, 0.25) is 0 Å². The van der Waals surface area contributed by atoms with E-state index in [1.165, 1.54) is 44.9 Å². The maximum Gasteiger partial charge on any atom is 0.0951 e. The highest BCUT2D eigenvalue weighted by Crippen LogP contribution is 2.17. The van der Waals surface area contributed by atoms with Crippen LogP contribution >= 0.6 is 0 Å². The van der Waals surface area contributed by atoms with Gasteiger partial charge in [-0.05, 0) is 6.42 Å². The Balaban J connectivity index is 2.13. The lowest BCUT2D eigenvalue weighted by Crippen LogP contribution is -2.03. The molecule has 0 aliphatic rings. The minimum absolute atomic E-state index is 0.425. The molecule has 0 aliphatic heterocycles. The zero-order valence-corrected chi connectivity index (χ0v) is 10.4. The molecule has 2 nitrogen and oxygen atoms in total. The van der Waals surface area contributed by atoms with E-state index >= 15 is 0 Å². The van der Waals surface area contributed by atoms with E-state index in [-0.39, 0.29) is 0 Å². The van der Waals surface area contributed by atoms with E-state index in [1.54, 1.807) is 0 Å². The number of allylic oxidation sites excluding steroid dienone is 1. The highest BCUT2D eigenvalue weighted by atomic mass is 15.0. The molecule has 0 amide bonds. The van der Waals surface area contributed by atoms with Gasteiger partial charge in [0.05, 0.1) is 12.4 Å². The van der Waals surface area contributed by atoms with Crippen molar-refractivity contribution in [1.29, 1.82) is 0 Å². The molecule has 0 aromatic carbocycles. The Morgan fingerprint density at radius 1 is 1.25 bits per heavy atom. The van der Waals surface area contributed by atoms with Crippen LogP contribution in [-0.2, 0) is 0 Å². The largest absolute Gasteiger partial charge is 0.331 e. The molecule has 0 N–H and O–H groups in total. The molecule has 1 rings (SSSR count). The number of hydrogen-bond donors (Lipinski definition) is 0. The van der Waals surface area contributed by atoms with Gasteiger partial charge in [-0.1, -0.05) is 51.5 Å². The number of nitrogens with zero attached hydrogens (tertiary/aromatic N) is 2. The molecule has 2 heteroatoms. The Morgan fingerprint density at radius 3 is 2.62 bits per heavy atom. The first-order chi connectivity index (χ1) is 7.88. The summed E-state index contributed by atoms with van der Waals surface area (Å²) in [5.74, 6) is 0. The van der Waals surface area contributed by atoms with Gasteiger partial charge < -0.3 is 4.57 Å². The average Bonchev–Trinajstić information content (AvgIpc) is 2.82. The predicted molar refractivity (Wildman–Crippen MR) is 69.5 cm³/mol. The van der Waals surface area contributed by atoms with E-state index in [0.717, 1.165) is 0 Å². The molecule has 1 heterocycles. The molecule has 90 valence electrons. The summed E-state index contributed by atoms with van der Waals surface area (Å²) >= 11 is 0. The third-order valence-electron chi connectivity index (χ3n) is 3.03. The van der Waals surface area contributed by atoms with Gasteiger partial charge in [-0.25, -0.2) is 4.98 Å². The van der Waals surface area contributed by atoms with E-state index < -0.39 is 0 Å². The Labute approximate surface area is 99.4 Å². The van der Waals surface area contributed by atoms with E-state index in [1.807, 2.05) is 24.8 Å². The van der Waals surface area contributed by atoms with Crippen LogP contribution in [0.15, 0.2) is 31.4 Å². The van der Waals surface area contributed by atoms with E-state index in [9.17, 15) is 0 Å². The van der Waals surface area contributed by atoms with Gasteiger partial charge in [0.15, 0.2) is 0 Å². The molecular formula is C14H24N2. The second-order valence-electron chi connectivity index (χ2n) is 4.37. The summed E-state index contributed by atoms with van der Waals surface area (Å²) in [7, 11) is 0. The van der Waals surface area contributed by atoms with E-state index in [0.29, 0.717) is 6.04 Å². The number of unbranched alkanes of at least 4 members (excludes halogenated alkanes) is 5. The van der Waals surface area contributed by atoms with E-state index in [2.05, 4.69) is 23.1 Å². The van der Waals surface area contributed by atoms with Gasteiger partial charge in [-0.15, -0.1) is 6.58 Å². The summed E-state index contributed by atoms with van der Waals surface area (Å²) in [6.07, 6.45) is 17.0. The van der Waals surface area contributed by atoms with Crippen LogP contribution in [0.5, 0.6) is 0 Å². The van der Waals surface area contributed by atoms with E-state index in [4.69, 9.17) is 0 Å². The maximum absolute atomic E-state index is 4.07. The molecule has 1 aromatic heterocycles. The Hall–Kier alpha value is -1.05.